The molecule has 0 aliphatic carbocycles. The predicted molar refractivity (Wildman–Crippen MR) is 66.5 cm³/mol. The summed E-state index contributed by atoms with van der Waals surface area (Å²) < 4.78 is 0. The summed E-state index contributed by atoms with van der Waals surface area (Å²) in [6.45, 7) is 3.29. The standard InChI is InChI=1S/C12H16N4/c1-11(6-5-9-15-16-13)14-10-12-7-3-2-4-8-12/h2-4,7-8H,5-6,9-10H2,1H3. The molecule has 84 valence electrons. The summed E-state index contributed by atoms with van der Waals surface area (Å²) in [6.07, 6.45) is 1.76. The molecule has 1 aromatic rings. The van der Waals surface area contributed by atoms with Crippen molar-refractivity contribution in [2.75, 3.05) is 6.54 Å². The highest BCUT2D eigenvalue weighted by Gasteiger charge is 1.92. The minimum atomic E-state index is 0.550. The second-order valence-electron chi connectivity index (χ2n) is 3.60. The van der Waals surface area contributed by atoms with E-state index in [1.54, 1.807) is 0 Å². The van der Waals surface area contributed by atoms with Gasteiger partial charge in [-0.3, -0.25) is 4.99 Å². The van der Waals surface area contributed by atoms with Gasteiger partial charge in [-0.05, 0) is 30.9 Å². The van der Waals surface area contributed by atoms with Gasteiger partial charge in [-0.1, -0.05) is 35.4 Å². The molecule has 1 aromatic carbocycles. The lowest BCUT2D eigenvalue weighted by Crippen LogP contribution is -1.94. The highest BCUT2D eigenvalue weighted by Crippen LogP contribution is 2.02. The summed E-state index contributed by atoms with van der Waals surface area (Å²) in [4.78, 5) is 7.19. The summed E-state index contributed by atoms with van der Waals surface area (Å²) in [6, 6.07) is 10.2. The SMILES string of the molecule is CC(CCCN=[N+]=[N-])=NCc1ccccc1. The Morgan fingerprint density at radius 3 is 2.75 bits per heavy atom. The molecule has 0 bridgehead atoms. The van der Waals surface area contributed by atoms with Gasteiger partial charge in [-0.2, -0.15) is 0 Å². The first-order valence-corrected chi connectivity index (χ1v) is 5.37. The fourth-order valence-corrected chi connectivity index (χ4v) is 1.34. The topological polar surface area (TPSA) is 61.1 Å². The smallest absolute Gasteiger partial charge is 0.0638 e. The molecule has 0 heterocycles. The van der Waals surface area contributed by atoms with Crippen LogP contribution in [0, 0.1) is 0 Å². The summed E-state index contributed by atoms with van der Waals surface area (Å²) in [5, 5.41) is 3.49. The summed E-state index contributed by atoms with van der Waals surface area (Å²) >= 11 is 0. The van der Waals surface area contributed by atoms with Crippen LogP contribution in [-0.2, 0) is 6.54 Å². The second kappa shape index (κ2) is 7.49. The normalized spacial score (nSPS) is 10.9. The number of benzene rings is 1. The Labute approximate surface area is 95.7 Å². The maximum Gasteiger partial charge on any atom is 0.0638 e. The molecule has 0 spiro atoms. The molecule has 4 heteroatoms. The quantitative estimate of drug-likeness (QED) is 0.229. The monoisotopic (exact) mass is 216 g/mol. The van der Waals surface area contributed by atoms with Gasteiger partial charge < -0.3 is 0 Å². The first-order valence-electron chi connectivity index (χ1n) is 5.37. The molecule has 0 aliphatic rings. The highest BCUT2D eigenvalue weighted by molar-refractivity contribution is 5.81. The predicted octanol–water partition coefficient (Wildman–Crippen LogP) is 3.74. The van der Waals surface area contributed by atoms with Crippen LogP contribution in [0.25, 0.3) is 10.4 Å². The van der Waals surface area contributed by atoms with E-state index in [1.165, 1.54) is 5.56 Å². The van der Waals surface area contributed by atoms with Crippen LogP contribution in [0.5, 0.6) is 0 Å². The van der Waals surface area contributed by atoms with Crippen molar-refractivity contribution in [1.82, 2.24) is 0 Å². The van der Waals surface area contributed by atoms with E-state index < -0.39 is 0 Å². The van der Waals surface area contributed by atoms with Gasteiger partial charge in [0, 0.05) is 17.2 Å². The summed E-state index contributed by atoms with van der Waals surface area (Å²) in [5.41, 5.74) is 10.4. The van der Waals surface area contributed by atoms with Crippen molar-refractivity contribution in [3.05, 3.63) is 46.3 Å². The van der Waals surface area contributed by atoms with Crippen LogP contribution in [0.4, 0.5) is 0 Å². The van der Waals surface area contributed by atoms with E-state index in [4.69, 9.17) is 5.53 Å². The van der Waals surface area contributed by atoms with Crippen molar-refractivity contribution < 1.29 is 0 Å². The zero-order chi connectivity index (χ0) is 11.6. The molecule has 0 amide bonds. The number of azide groups is 1. The van der Waals surface area contributed by atoms with Crippen molar-refractivity contribution in [2.45, 2.75) is 26.3 Å². The first-order chi connectivity index (χ1) is 7.83. The Bertz CT molecular complexity index is 377. The van der Waals surface area contributed by atoms with Crippen LogP contribution < -0.4 is 0 Å². The van der Waals surface area contributed by atoms with Crippen LogP contribution >= 0.6 is 0 Å². The molecular formula is C12H16N4. The summed E-state index contributed by atoms with van der Waals surface area (Å²) in [5.74, 6) is 0. The van der Waals surface area contributed by atoms with E-state index in [9.17, 15) is 0 Å². The Balaban J connectivity index is 2.31. The molecule has 16 heavy (non-hydrogen) atoms. The molecule has 0 atom stereocenters. The number of nitrogens with zero attached hydrogens (tertiary/aromatic N) is 4. The lowest BCUT2D eigenvalue weighted by Gasteiger charge is -1.99. The molecule has 0 N–H and O–H groups in total. The largest absolute Gasteiger partial charge is 0.290 e. The summed E-state index contributed by atoms with van der Waals surface area (Å²) in [7, 11) is 0. The van der Waals surface area contributed by atoms with Gasteiger partial charge in [0.25, 0.3) is 0 Å². The number of hydrogen-bond acceptors (Lipinski definition) is 2. The van der Waals surface area contributed by atoms with Gasteiger partial charge in [0.15, 0.2) is 0 Å². The van der Waals surface area contributed by atoms with E-state index in [0.29, 0.717) is 6.54 Å². The van der Waals surface area contributed by atoms with Crippen LogP contribution in [0.15, 0.2) is 40.4 Å². The lowest BCUT2D eigenvalue weighted by atomic mass is 10.2. The molecule has 0 saturated carbocycles. The van der Waals surface area contributed by atoms with Crippen molar-refractivity contribution in [3.8, 4) is 0 Å². The van der Waals surface area contributed by atoms with E-state index in [2.05, 4.69) is 27.2 Å². The van der Waals surface area contributed by atoms with Gasteiger partial charge in [0.1, 0.15) is 0 Å². The molecule has 0 radical (unpaired) electrons. The molecule has 0 unspecified atom stereocenters. The molecule has 4 nitrogen and oxygen atoms in total. The molecular weight excluding hydrogens is 200 g/mol. The van der Waals surface area contributed by atoms with Gasteiger partial charge in [-0.25, -0.2) is 0 Å². The van der Waals surface area contributed by atoms with E-state index in [1.807, 2.05) is 25.1 Å². The third kappa shape index (κ3) is 5.17. The Kier molecular flexibility index (Phi) is 5.74. The Hall–Kier alpha value is -1.80. The minimum absolute atomic E-state index is 0.550. The third-order valence-corrected chi connectivity index (χ3v) is 2.23. The maximum atomic E-state index is 8.11. The molecule has 0 saturated heterocycles. The highest BCUT2D eigenvalue weighted by atomic mass is 15.1. The fourth-order valence-electron chi connectivity index (χ4n) is 1.34. The Morgan fingerprint density at radius 1 is 1.31 bits per heavy atom. The molecule has 1 rings (SSSR count). The van der Waals surface area contributed by atoms with Crippen molar-refractivity contribution in [3.63, 3.8) is 0 Å². The number of hydrogen-bond donors (Lipinski definition) is 0. The Morgan fingerprint density at radius 2 is 2.06 bits per heavy atom. The van der Waals surface area contributed by atoms with Crippen molar-refractivity contribution in [1.29, 1.82) is 0 Å². The average Bonchev–Trinajstić information content (AvgIpc) is 2.33. The van der Waals surface area contributed by atoms with Crippen LogP contribution in [-0.4, -0.2) is 12.3 Å². The lowest BCUT2D eigenvalue weighted by molar-refractivity contribution is 0.860. The van der Waals surface area contributed by atoms with Gasteiger partial charge in [-0.15, -0.1) is 0 Å². The average molecular weight is 216 g/mol. The van der Waals surface area contributed by atoms with Crippen LogP contribution in [0.1, 0.15) is 25.3 Å². The maximum absolute atomic E-state index is 8.11. The second-order valence-corrected chi connectivity index (χ2v) is 3.60. The van der Waals surface area contributed by atoms with Crippen LogP contribution in [0.3, 0.4) is 0 Å². The van der Waals surface area contributed by atoms with Crippen molar-refractivity contribution in [2.24, 2.45) is 10.1 Å². The van der Waals surface area contributed by atoms with Gasteiger partial charge in [0.05, 0.1) is 6.54 Å². The van der Waals surface area contributed by atoms with Crippen molar-refractivity contribution >= 4 is 5.71 Å². The first kappa shape index (κ1) is 12.3. The molecule has 0 aliphatic heterocycles. The molecule has 0 aromatic heterocycles. The zero-order valence-electron chi connectivity index (χ0n) is 9.50. The van der Waals surface area contributed by atoms with E-state index >= 15 is 0 Å². The van der Waals surface area contributed by atoms with E-state index in [-0.39, 0.29) is 0 Å². The fraction of sp³-hybridized carbons (Fsp3) is 0.417. The van der Waals surface area contributed by atoms with Gasteiger partial charge >= 0.3 is 0 Å². The zero-order valence-corrected chi connectivity index (χ0v) is 9.50. The third-order valence-electron chi connectivity index (χ3n) is 2.23. The minimum Gasteiger partial charge on any atom is -0.290 e. The van der Waals surface area contributed by atoms with Gasteiger partial charge in [0.2, 0.25) is 0 Å². The van der Waals surface area contributed by atoms with Crippen LogP contribution in [0.2, 0.25) is 0 Å². The number of rotatable bonds is 6. The van der Waals surface area contributed by atoms with E-state index in [0.717, 1.165) is 25.1 Å². The number of aliphatic imine (C=N–C) groups is 1. The molecule has 0 fully saturated rings.